The molecule has 2 aromatic carbocycles. The van der Waals surface area contributed by atoms with Gasteiger partial charge in [-0.1, -0.05) is 12.1 Å². The number of hydrogen-bond donors (Lipinski definition) is 1. The summed E-state index contributed by atoms with van der Waals surface area (Å²) in [6, 6.07) is 12.2. The highest BCUT2D eigenvalue weighted by Gasteiger charge is 2.20. The van der Waals surface area contributed by atoms with E-state index in [1.165, 1.54) is 20.3 Å². The Kier molecular flexibility index (Phi) is 6.05. The van der Waals surface area contributed by atoms with Gasteiger partial charge in [0, 0.05) is 12.6 Å². The first-order valence-corrected chi connectivity index (χ1v) is 8.86. The van der Waals surface area contributed by atoms with Crippen LogP contribution in [-0.2, 0) is 10.0 Å². The molecule has 0 heterocycles. The fraction of sp³-hybridized carbons (Fsp3) is 0.294. The highest BCUT2D eigenvalue weighted by molar-refractivity contribution is 7.89. The zero-order chi connectivity index (χ0) is 17.6. The van der Waals surface area contributed by atoms with E-state index < -0.39 is 10.0 Å². The van der Waals surface area contributed by atoms with Crippen molar-refractivity contribution < 1.29 is 22.6 Å². The molecule has 0 radical (unpaired) electrons. The number of benzene rings is 2. The Balaban J connectivity index is 2.01. The fourth-order valence-electron chi connectivity index (χ4n) is 2.12. The van der Waals surface area contributed by atoms with Gasteiger partial charge in [0.25, 0.3) is 0 Å². The van der Waals surface area contributed by atoms with Crippen LogP contribution in [0.3, 0.4) is 0 Å². The molecule has 0 aromatic heterocycles. The molecule has 0 unspecified atom stereocenters. The fourth-order valence-corrected chi connectivity index (χ4v) is 3.32. The Labute approximate surface area is 142 Å². The molecule has 0 spiro atoms. The number of methoxy groups -OCH3 is 2. The van der Waals surface area contributed by atoms with Crippen LogP contribution in [-0.4, -0.2) is 35.8 Å². The van der Waals surface area contributed by atoms with E-state index in [1.807, 2.05) is 31.2 Å². The molecular weight excluding hydrogens is 330 g/mol. The number of nitrogens with one attached hydrogen (secondary N) is 1. The predicted molar refractivity (Wildman–Crippen MR) is 91.4 cm³/mol. The maximum Gasteiger partial charge on any atom is 0.244 e. The Morgan fingerprint density at radius 2 is 1.79 bits per heavy atom. The van der Waals surface area contributed by atoms with Crippen molar-refractivity contribution in [2.24, 2.45) is 0 Å². The third kappa shape index (κ3) is 4.62. The van der Waals surface area contributed by atoms with Crippen molar-refractivity contribution in [2.45, 2.75) is 11.8 Å². The molecule has 0 atom stereocenters. The van der Waals surface area contributed by atoms with Gasteiger partial charge in [-0.2, -0.15) is 0 Å². The molecule has 2 aromatic rings. The monoisotopic (exact) mass is 351 g/mol. The molecular formula is C17H21NO5S. The lowest BCUT2D eigenvalue weighted by Crippen LogP contribution is -2.28. The molecule has 0 fully saturated rings. The first-order valence-electron chi connectivity index (χ1n) is 7.37. The first-order chi connectivity index (χ1) is 11.5. The summed E-state index contributed by atoms with van der Waals surface area (Å²) in [5.74, 6) is 1.39. The highest BCUT2D eigenvalue weighted by Crippen LogP contribution is 2.27. The van der Waals surface area contributed by atoms with Crippen molar-refractivity contribution >= 4 is 10.0 Å². The Morgan fingerprint density at radius 3 is 2.46 bits per heavy atom. The number of hydrogen-bond acceptors (Lipinski definition) is 5. The second-order valence-electron chi connectivity index (χ2n) is 5.08. The zero-order valence-corrected chi connectivity index (χ0v) is 14.7. The van der Waals surface area contributed by atoms with Crippen LogP contribution in [0.2, 0.25) is 0 Å². The van der Waals surface area contributed by atoms with Gasteiger partial charge in [-0.25, -0.2) is 13.1 Å². The average molecular weight is 351 g/mol. The highest BCUT2D eigenvalue weighted by atomic mass is 32.2. The molecule has 0 aliphatic heterocycles. The Bertz CT molecular complexity index is 789. The van der Waals surface area contributed by atoms with Crippen LogP contribution in [0, 0.1) is 6.92 Å². The van der Waals surface area contributed by atoms with Gasteiger partial charge in [0.15, 0.2) is 0 Å². The maximum absolute atomic E-state index is 12.4. The third-order valence-corrected chi connectivity index (χ3v) is 4.79. The number of aryl methyl sites for hydroxylation is 1. The molecule has 1 N–H and O–H groups in total. The van der Waals surface area contributed by atoms with Crippen LogP contribution in [0.15, 0.2) is 47.4 Å². The number of rotatable bonds is 8. The molecule has 130 valence electrons. The van der Waals surface area contributed by atoms with Gasteiger partial charge in [0.2, 0.25) is 10.0 Å². The van der Waals surface area contributed by atoms with E-state index >= 15 is 0 Å². The quantitative estimate of drug-likeness (QED) is 0.739. The maximum atomic E-state index is 12.4. The minimum atomic E-state index is -3.73. The summed E-state index contributed by atoms with van der Waals surface area (Å²) in [5.41, 5.74) is 1.08. The van der Waals surface area contributed by atoms with E-state index in [9.17, 15) is 8.42 Å². The summed E-state index contributed by atoms with van der Waals surface area (Å²) >= 11 is 0. The van der Waals surface area contributed by atoms with Crippen molar-refractivity contribution in [3.63, 3.8) is 0 Å². The molecule has 0 saturated heterocycles. The molecule has 7 heteroatoms. The van der Waals surface area contributed by atoms with Crippen molar-refractivity contribution in [3.8, 4) is 17.2 Å². The summed E-state index contributed by atoms with van der Waals surface area (Å²) in [7, 11) is -0.841. The van der Waals surface area contributed by atoms with Gasteiger partial charge in [-0.3, -0.25) is 0 Å². The van der Waals surface area contributed by atoms with Crippen LogP contribution in [0.25, 0.3) is 0 Å². The van der Waals surface area contributed by atoms with E-state index in [0.29, 0.717) is 11.5 Å². The minimum Gasteiger partial charge on any atom is -0.497 e. The van der Waals surface area contributed by atoms with E-state index in [0.717, 1.165) is 5.56 Å². The second-order valence-corrected chi connectivity index (χ2v) is 6.81. The largest absolute Gasteiger partial charge is 0.497 e. The second kappa shape index (κ2) is 8.03. The summed E-state index contributed by atoms with van der Waals surface area (Å²) in [6.45, 7) is 2.32. The standard InChI is InChI=1S/C17H21NO5S/c1-13-5-4-6-15(11-13)23-10-9-18-24(19,20)17-12-14(21-2)7-8-16(17)22-3/h4-8,11-12,18H,9-10H2,1-3H3. The van der Waals surface area contributed by atoms with Gasteiger partial charge in [-0.15, -0.1) is 0 Å². The Hall–Kier alpha value is -2.25. The van der Waals surface area contributed by atoms with E-state index in [1.54, 1.807) is 12.1 Å². The summed E-state index contributed by atoms with van der Waals surface area (Å²) in [4.78, 5) is 0.0277. The predicted octanol–water partition coefficient (Wildman–Crippen LogP) is 2.37. The number of ether oxygens (including phenoxy) is 3. The average Bonchev–Trinajstić information content (AvgIpc) is 2.58. The lowest BCUT2D eigenvalue weighted by Gasteiger charge is -2.12. The van der Waals surface area contributed by atoms with Crippen molar-refractivity contribution in [2.75, 3.05) is 27.4 Å². The topological polar surface area (TPSA) is 73.9 Å². The van der Waals surface area contributed by atoms with Gasteiger partial charge < -0.3 is 14.2 Å². The summed E-state index contributed by atoms with van der Waals surface area (Å²) < 4.78 is 43.1. The zero-order valence-electron chi connectivity index (χ0n) is 13.9. The molecule has 0 saturated carbocycles. The van der Waals surface area contributed by atoms with E-state index in [2.05, 4.69) is 4.72 Å². The third-order valence-electron chi connectivity index (χ3n) is 3.31. The lowest BCUT2D eigenvalue weighted by molar-refractivity contribution is 0.322. The van der Waals surface area contributed by atoms with Crippen LogP contribution >= 0.6 is 0 Å². The summed E-state index contributed by atoms with van der Waals surface area (Å²) in [5, 5.41) is 0. The van der Waals surface area contributed by atoms with Crippen LogP contribution < -0.4 is 18.9 Å². The van der Waals surface area contributed by atoms with E-state index in [4.69, 9.17) is 14.2 Å². The lowest BCUT2D eigenvalue weighted by atomic mass is 10.2. The smallest absolute Gasteiger partial charge is 0.244 e. The normalized spacial score (nSPS) is 11.1. The van der Waals surface area contributed by atoms with Gasteiger partial charge in [0.05, 0.1) is 14.2 Å². The molecule has 0 aliphatic carbocycles. The molecule has 0 aliphatic rings. The molecule has 24 heavy (non-hydrogen) atoms. The van der Waals surface area contributed by atoms with Crippen molar-refractivity contribution in [1.29, 1.82) is 0 Å². The van der Waals surface area contributed by atoms with Crippen molar-refractivity contribution in [3.05, 3.63) is 48.0 Å². The summed E-state index contributed by atoms with van der Waals surface area (Å²) in [6.07, 6.45) is 0. The van der Waals surface area contributed by atoms with Crippen LogP contribution in [0.4, 0.5) is 0 Å². The van der Waals surface area contributed by atoms with Gasteiger partial charge in [0.1, 0.15) is 28.8 Å². The van der Waals surface area contributed by atoms with Crippen LogP contribution in [0.1, 0.15) is 5.56 Å². The van der Waals surface area contributed by atoms with Gasteiger partial charge >= 0.3 is 0 Å². The van der Waals surface area contributed by atoms with Crippen molar-refractivity contribution in [1.82, 2.24) is 4.72 Å². The molecule has 6 nitrogen and oxygen atoms in total. The Morgan fingerprint density at radius 1 is 1.00 bits per heavy atom. The molecule has 0 bridgehead atoms. The SMILES string of the molecule is COc1ccc(OC)c(S(=O)(=O)NCCOc2cccc(C)c2)c1. The van der Waals surface area contributed by atoms with E-state index in [-0.39, 0.29) is 23.8 Å². The van der Waals surface area contributed by atoms with Crippen LogP contribution in [0.5, 0.6) is 17.2 Å². The number of sulfonamides is 1. The first kappa shape index (κ1) is 18.1. The molecule has 0 amide bonds. The molecule has 2 rings (SSSR count). The minimum absolute atomic E-state index is 0.0277. The van der Waals surface area contributed by atoms with Gasteiger partial charge in [-0.05, 0) is 36.8 Å².